The van der Waals surface area contributed by atoms with Crippen LogP contribution in [0.4, 0.5) is 0 Å². The van der Waals surface area contributed by atoms with Crippen LogP contribution in [0.25, 0.3) is 0 Å². The van der Waals surface area contributed by atoms with Gasteiger partial charge in [-0.2, -0.15) is 0 Å². The van der Waals surface area contributed by atoms with E-state index < -0.39 is 6.10 Å². The second-order valence-corrected chi connectivity index (χ2v) is 8.28. The normalized spacial score (nSPS) is 33.7. The fraction of sp³-hybridized carbons (Fsp3) is 0.650. The van der Waals surface area contributed by atoms with Crippen molar-refractivity contribution in [1.29, 1.82) is 0 Å². The predicted molar refractivity (Wildman–Crippen MR) is 90.0 cm³/mol. The fourth-order valence-corrected chi connectivity index (χ4v) is 5.33. The van der Waals surface area contributed by atoms with E-state index in [1.54, 1.807) is 12.5 Å². The van der Waals surface area contributed by atoms with Gasteiger partial charge in [0.2, 0.25) is 0 Å². The second-order valence-electron chi connectivity index (χ2n) is 8.28. The summed E-state index contributed by atoms with van der Waals surface area (Å²) < 4.78 is 5.16. The highest BCUT2D eigenvalue weighted by Gasteiger charge is 2.56. The molecular formula is C20H28O3. The zero-order chi connectivity index (χ0) is 16.8. The number of hydrogen-bond donors (Lipinski definition) is 1. The number of aliphatic hydroxyl groups is 1. The van der Waals surface area contributed by atoms with Crippen LogP contribution in [0.3, 0.4) is 0 Å². The number of aryl methyl sites for hydroxylation is 1. The molecule has 126 valence electrons. The lowest BCUT2D eigenvalue weighted by atomic mass is 9.48. The number of ketones is 1. The first-order valence-electron chi connectivity index (χ1n) is 8.71. The van der Waals surface area contributed by atoms with Crippen molar-refractivity contribution in [2.24, 2.45) is 16.7 Å². The summed E-state index contributed by atoms with van der Waals surface area (Å²) in [6, 6.07) is 1.99. The Balaban J connectivity index is 1.99. The SMILES string of the molecule is CC1=C(CCc2ccoc2)[C@@]2(C)CCCC(C)(C)[C@@H]2[C@H](O)C1=O. The van der Waals surface area contributed by atoms with Crippen molar-refractivity contribution in [2.45, 2.75) is 65.9 Å². The molecule has 1 N–H and O–H groups in total. The predicted octanol–water partition coefficient (Wildman–Crippen LogP) is 4.30. The first-order valence-corrected chi connectivity index (χ1v) is 8.71. The maximum absolute atomic E-state index is 12.7. The summed E-state index contributed by atoms with van der Waals surface area (Å²) in [5, 5.41) is 10.7. The maximum atomic E-state index is 12.7. The van der Waals surface area contributed by atoms with Gasteiger partial charge in [0, 0.05) is 5.92 Å². The molecule has 1 aromatic rings. The van der Waals surface area contributed by atoms with Crippen molar-refractivity contribution >= 4 is 5.78 Å². The minimum absolute atomic E-state index is 0.0103. The highest BCUT2D eigenvalue weighted by Crippen LogP contribution is 2.59. The van der Waals surface area contributed by atoms with Crippen LogP contribution < -0.4 is 0 Å². The molecule has 2 aliphatic carbocycles. The summed E-state index contributed by atoms with van der Waals surface area (Å²) in [6.07, 6.45) is 7.66. The average molecular weight is 316 g/mol. The smallest absolute Gasteiger partial charge is 0.187 e. The highest BCUT2D eigenvalue weighted by atomic mass is 16.3. The summed E-state index contributed by atoms with van der Waals surface area (Å²) >= 11 is 0. The molecule has 3 atom stereocenters. The molecule has 1 heterocycles. The van der Waals surface area contributed by atoms with Gasteiger partial charge in [0.1, 0.15) is 6.10 Å². The lowest BCUT2D eigenvalue weighted by Gasteiger charge is -2.56. The highest BCUT2D eigenvalue weighted by molar-refractivity contribution is 6.00. The van der Waals surface area contributed by atoms with Crippen molar-refractivity contribution in [3.8, 4) is 0 Å². The molecule has 1 aromatic heterocycles. The van der Waals surface area contributed by atoms with Gasteiger partial charge >= 0.3 is 0 Å². The second kappa shape index (κ2) is 5.62. The molecule has 0 amide bonds. The fourth-order valence-electron chi connectivity index (χ4n) is 5.33. The Morgan fingerprint density at radius 2 is 2.00 bits per heavy atom. The topological polar surface area (TPSA) is 50.4 Å². The molecule has 0 aliphatic heterocycles. The molecule has 0 radical (unpaired) electrons. The zero-order valence-electron chi connectivity index (χ0n) is 14.7. The van der Waals surface area contributed by atoms with Crippen LogP contribution in [0.15, 0.2) is 34.2 Å². The van der Waals surface area contributed by atoms with Gasteiger partial charge in [0.05, 0.1) is 12.5 Å². The number of carbonyl (C=O) groups is 1. The lowest BCUT2D eigenvalue weighted by Crippen LogP contribution is -2.55. The number of Topliss-reactive ketones (excluding diaryl/α,β-unsaturated/α-hetero) is 1. The third-order valence-corrected chi connectivity index (χ3v) is 6.39. The summed E-state index contributed by atoms with van der Waals surface area (Å²) in [4.78, 5) is 12.7. The molecule has 2 aliphatic rings. The molecule has 0 saturated heterocycles. The standard InChI is InChI=1S/C20H28O3/c1-13-15(7-6-14-8-11-23-12-14)20(4)10-5-9-19(2,3)18(20)17(22)16(13)21/h8,11-12,17-18,22H,5-7,9-10H2,1-4H3/t17-,18+,20-/m1/s1. The number of hydrogen-bond acceptors (Lipinski definition) is 3. The summed E-state index contributed by atoms with van der Waals surface area (Å²) in [5.74, 6) is -0.0519. The number of furan rings is 1. The minimum atomic E-state index is -0.854. The van der Waals surface area contributed by atoms with Crippen LogP contribution in [0.1, 0.15) is 58.9 Å². The van der Waals surface area contributed by atoms with Gasteiger partial charge < -0.3 is 9.52 Å². The van der Waals surface area contributed by atoms with Gasteiger partial charge in [-0.25, -0.2) is 0 Å². The minimum Gasteiger partial charge on any atom is -0.472 e. The third kappa shape index (κ3) is 2.59. The van der Waals surface area contributed by atoms with Crippen molar-refractivity contribution in [3.63, 3.8) is 0 Å². The number of carbonyl (C=O) groups excluding carboxylic acids is 1. The number of rotatable bonds is 3. The first-order chi connectivity index (χ1) is 10.8. The van der Waals surface area contributed by atoms with Crippen LogP contribution in [0.5, 0.6) is 0 Å². The maximum Gasteiger partial charge on any atom is 0.187 e. The molecule has 23 heavy (non-hydrogen) atoms. The number of aliphatic hydroxyl groups excluding tert-OH is 1. The van der Waals surface area contributed by atoms with Gasteiger partial charge in [-0.3, -0.25) is 4.79 Å². The monoisotopic (exact) mass is 316 g/mol. The molecule has 0 bridgehead atoms. The first kappa shape index (κ1) is 16.5. The van der Waals surface area contributed by atoms with E-state index in [1.165, 1.54) is 11.1 Å². The lowest BCUT2D eigenvalue weighted by molar-refractivity contribution is -0.140. The van der Waals surface area contributed by atoms with E-state index in [1.807, 2.05) is 13.0 Å². The van der Waals surface area contributed by atoms with E-state index in [4.69, 9.17) is 4.42 Å². The van der Waals surface area contributed by atoms with E-state index in [2.05, 4.69) is 20.8 Å². The summed E-state index contributed by atoms with van der Waals surface area (Å²) in [7, 11) is 0. The van der Waals surface area contributed by atoms with Gasteiger partial charge in [0.15, 0.2) is 5.78 Å². The van der Waals surface area contributed by atoms with Gasteiger partial charge in [0.25, 0.3) is 0 Å². The molecule has 0 spiro atoms. The van der Waals surface area contributed by atoms with Gasteiger partial charge in [-0.1, -0.05) is 32.8 Å². The van der Waals surface area contributed by atoms with E-state index in [9.17, 15) is 9.90 Å². The molecule has 1 saturated carbocycles. The van der Waals surface area contributed by atoms with Crippen molar-refractivity contribution in [3.05, 3.63) is 35.3 Å². The Hall–Kier alpha value is -1.35. The molecule has 3 rings (SSSR count). The van der Waals surface area contributed by atoms with E-state index >= 15 is 0 Å². The Morgan fingerprint density at radius 1 is 1.26 bits per heavy atom. The zero-order valence-corrected chi connectivity index (χ0v) is 14.7. The molecule has 0 aromatic carbocycles. The molecule has 3 heteroatoms. The van der Waals surface area contributed by atoms with Crippen molar-refractivity contribution in [1.82, 2.24) is 0 Å². The third-order valence-electron chi connectivity index (χ3n) is 6.39. The Kier molecular flexibility index (Phi) is 4.04. The van der Waals surface area contributed by atoms with Crippen LogP contribution in [-0.4, -0.2) is 17.0 Å². The van der Waals surface area contributed by atoms with E-state index in [0.717, 1.165) is 37.7 Å². The van der Waals surface area contributed by atoms with Gasteiger partial charge in [-0.15, -0.1) is 0 Å². The quantitative estimate of drug-likeness (QED) is 0.904. The Labute approximate surface area is 138 Å². The van der Waals surface area contributed by atoms with Crippen molar-refractivity contribution in [2.75, 3.05) is 0 Å². The molecule has 3 nitrogen and oxygen atoms in total. The average Bonchev–Trinajstić information content (AvgIpc) is 2.97. The van der Waals surface area contributed by atoms with Crippen LogP contribution in [0.2, 0.25) is 0 Å². The largest absolute Gasteiger partial charge is 0.472 e. The summed E-state index contributed by atoms with van der Waals surface area (Å²) in [6.45, 7) is 8.58. The number of allylic oxidation sites excluding steroid dienone is 1. The Bertz CT molecular complexity index is 623. The van der Waals surface area contributed by atoms with Crippen LogP contribution >= 0.6 is 0 Å². The van der Waals surface area contributed by atoms with E-state index in [-0.39, 0.29) is 22.5 Å². The van der Waals surface area contributed by atoms with Crippen molar-refractivity contribution < 1.29 is 14.3 Å². The van der Waals surface area contributed by atoms with E-state index in [0.29, 0.717) is 0 Å². The van der Waals surface area contributed by atoms with Gasteiger partial charge in [-0.05, 0) is 60.6 Å². The van der Waals surface area contributed by atoms with Crippen LogP contribution in [-0.2, 0) is 11.2 Å². The molecule has 1 fully saturated rings. The molecular weight excluding hydrogens is 288 g/mol. The Morgan fingerprint density at radius 3 is 2.65 bits per heavy atom. The van der Waals surface area contributed by atoms with Crippen LogP contribution in [0, 0.1) is 16.7 Å². The summed E-state index contributed by atoms with van der Waals surface area (Å²) in [5.41, 5.74) is 3.12. The molecule has 0 unspecified atom stereocenters. The number of fused-ring (bicyclic) bond motifs is 1.